The Morgan fingerprint density at radius 2 is 2.11 bits per heavy atom. The van der Waals surface area contributed by atoms with Crippen LogP contribution in [-0.2, 0) is 6.42 Å². The molecule has 7 nitrogen and oxygen atoms in total. The quantitative estimate of drug-likeness (QED) is 0.612. The number of ether oxygens (including phenoxy) is 1. The van der Waals surface area contributed by atoms with Crippen LogP contribution in [0.4, 0.5) is 10.1 Å². The maximum atomic E-state index is 13.2. The van der Waals surface area contributed by atoms with Crippen LogP contribution in [0.1, 0.15) is 36.5 Å². The van der Waals surface area contributed by atoms with Crippen molar-refractivity contribution in [3.63, 3.8) is 0 Å². The van der Waals surface area contributed by atoms with Crippen LogP contribution >= 0.6 is 11.6 Å². The molecule has 148 valence electrons. The summed E-state index contributed by atoms with van der Waals surface area (Å²) in [4.78, 5) is 20.7. The Hall–Kier alpha value is -2.71. The highest BCUT2D eigenvalue weighted by Crippen LogP contribution is 2.27. The van der Waals surface area contributed by atoms with Crippen molar-refractivity contribution in [1.82, 2.24) is 14.4 Å². The van der Waals surface area contributed by atoms with Gasteiger partial charge in [-0.1, -0.05) is 11.6 Å². The van der Waals surface area contributed by atoms with Crippen LogP contribution in [0.5, 0.6) is 5.75 Å². The Morgan fingerprint density at radius 3 is 2.75 bits per heavy atom. The van der Waals surface area contributed by atoms with Gasteiger partial charge in [-0.25, -0.2) is 14.4 Å². The van der Waals surface area contributed by atoms with Gasteiger partial charge < -0.3 is 19.6 Å². The van der Waals surface area contributed by atoms with Crippen LogP contribution in [0, 0.1) is 5.82 Å². The van der Waals surface area contributed by atoms with Crippen molar-refractivity contribution in [3.05, 3.63) is 53.0 Å². The molecule has 0 radical (unpaired) electrons. The molecule has 0 aromatic carbocycles. The Labute approximate surface area is 166 Å². The Balaban J connectivity index is 1.87. The highest BCUT2D eigenvalue weighted by Gasteiger charge is 2.17. The number of anilines is 1. The van der Waals surface area contributed by atoms with Gasteiger partial charge in [0.25, 0.3) is 5.91 Å². The van der Waals surface area contributed by atoms with Crippen LogP contribution in [-0.4, -0.2) is 38.1 Å². The lowest BCUT2D eigenvalue weighted by molar-refractivity contribution is 0.0711. The zero-order valence-corrected chi connectivity index (χ0v) is 16.4. The van der Waals surface area contributed by atoms with Crippen LogP contribution in [0.3, 0.4) is 0 Å². The predicted molar refractivity (Wildman–Crippen MR) is 104 cm³/mol. The fourth-order valence-corrected chi connectivity index (χ4v) is 2.77. The van der Waals surface area contributed by atoms with Gasteiger partial charge in [-0.3, -0.25) is 4.79 Å². The molecule has 0 spiro atoms. The molecule has 1 amide bonds. The number of methoxy groups -OCH3 is 1. The smallest absolute Gasteiger partial charge is 0.274 e. The number of fused-ring (bicyclic) bond motifs is 1. The summed E-state index contributed by atoms with van der Waals surface area (Å²) >= 11 is 5.64. The van der Waals surface area contributed by atoms with Gasteiger partial charge in [0.2, 0.25) is 0 Å². The molecule has 0 bridgehead atoms. The van der Waals surface area contributed by atoms with E-state index in [-0.39, 0.29) is 10.8 Å². The van der Waals surface area contributed by atoms with Gasteiger partial charge in [0.05, 0.1) is 18.4 Å². The van der Waals surface area contributed by atoms with Crippen molar-refractivity contribution in [2.45, 2.75) is 32.3 Å². The summed E-state index contributed by atoms with van der Waals surface area (Å²) in [7, 11) is 1.48. The van der Waals surface area contributed by atoms with Crippen molar-refractivity contribution in [3.8, 4) is 5.75 Å². The van der Waals surface area contributed by atoms with E-state index in [0.717, 1.165) is 11.8 Å². The van der Waals surface area contributed by atoms with E-state index in [4.69, 9.17) is 16.3 Å². The SMILES string of the molecule is COc1cc2nc(CCC(C)(C)O)cn2cc1NC(=O)c1ccc(F)c(Cl)n1. The van der Waals surface area contributed by atoms with Gasteiger partial charge in [-0.05, 0) is 38.8 Å². The molecular formula is C19H20ClFN4O3. The van der Waals surface area contributed by atoms with E-state index in [1.54, 1.807) is 30.5 Å². The van der Waals surface area contributed by atoms with Crippen molar-refractivity contribution in [2.75, 3.05) is 12.4 Å². The first-order chi connectivity index (χ1) is 13.2. The van der Waals surface area contributed by atoms with Gasteiger partial charge in [-0.15, -0.1) is 0 Å². The number of aliphatic hydroxyl groups is 1. The standard InChI is InChI=1S/C19H20ClFN4O3/c1-19(2,27)7-6-11-9-25-10-14(15(28-3)8-16(25)22-11)24-18(26)13-5-4-12(21)17(20)23-13/h4-5,8-10,27H,6-7H2,1-3H3,(H,24,26). The fraction of sp³-hybridized carbons (Fsp3) is 0.316. The van der Waals surface area contributed by atoms with Gasteiger partial charge in [0.15, 0.2) is 11.0 Å². The number of aromatic nitrogens is 3. The average Bonchev–Trinajstić information content (AvgIpc) is 3.02. The minimum Gasteiger partial charge on any atom is -0.494 e. The normalized spacial score (nSPS) is 11.6. The van der Waals surface area contributed by atoms with Gasteiger partial charge in [-0.2, -0.15) is 0 Å². The first-order valence-corrected chi connectivity index (χ1v) is 8.95. The van der Waals surface area contributed by atoms with E-state index < -0.39 is 17.3 Å². The summed E-state index contributed by atoms with van der Waals surface area (Å²) < 4.78 is 20.3. The molecule has 2 N–H and O–H groups in total. The van der Waals surface area contributed by atoms with E-state index >= 15 is 0 Å². The summed E-state index contributed by atoms with van der Waals surface area (Å²) in [5.74, 6) is -0.843. The maximum absolute atomic E-state index is 13.2. The van der Waals surface area contributed by atoms with Crippen LogP contribution < -0.4 is 10.1 Å². The third-order valence-electron chi connectivity index (χ3n) is 4.10. The second-order valence-electron chi connectivity index (χ2n) is 6.99. The second kappa shape index (κ2) is 7.73. The number of hydrogen-bond acceptors (Lipinski definition) is 5. The van der Waals surface area contributed by atoms with Gasteiger partial charge in [0, 0.05) is 18.5 Å². The molecule has 0 atom stereocenters. The second-order valence-corrected chi connectivity index (χ2v) is 7.35. The Kier molecular flexibility index (Phi) is 5.53. The molecular weight excluding hydrogens is 387 g/mol. The molecule has 3 heterocycles. The minimum atomic E-state index is -0.782. The van der Waals surface area contributed by atoms with Crippen molar-refractivity contribution in [2.24, 2.45) is 0 Å². The predicted octanol–water partition coefficient (Wildman–Crippen LogP) is 3.49. The van der Waals surface area contributed by atoms with Crippen molar-refractivity contribution >= 4 is 28.8 Å². The first-order valence-electron chi connectivity index (χ1n) is 8.57. The zero-order valence-electron chi connectivity index (χ0n) is 15.7. The lowest BCUT2D eigenvalue weighted by Crippen LogP contribution is -2.19. The molecule has 0 saturated heterocycles. The van der Waals surface area contributed by atoms with Gasteiger partial charge in [0.1, 0.15) is 22.8 Å². The largest absolute Gasteiger partial charge is 0.494 e. The Bertz CT molecular complexity index is 1030. The van der Waals surface area contributed by atoms with Crippen LogP contribution in [0.25, 0.3) is 5.65 Å². The maximum Gasteiger partial charge on any atom is 0.274 e. The molecule has 9 heteroatoms. The number of nitrogens with one attached hydrogen (secondary N) is 1. The molecule has 0 saturated carbocycles. The average molecular weight is 407 g/mol. The van der Waals surface area contributed by atoms with E-state index in [2.05, 4.69) is 15.3 Å². The molecule has 0 aliphatic rings. The van der Waals surface area contributed by atoms with Crippen molar-refractivity contribution < 1.29 is 19.0 Å². The molecule has 0 fully saturated rings. The Morgan fingerprint density at radius 1 is 1.36 bits per heavy atom. The third kappa shape index (κ3) is 4.58. The number of carbonyl (C=O) groups excluding carboxylic acids is 1. The summed E-state index contributed by atoms with van der Waals surface area (Å²) in [5.41, 5.74) is 1.04. The lowest BCUT2D eigenvalue weighted by Gasteiger charge is -2.15. The van der Waals surface area contributed by atoms with Crippen LogP contribution in [0.2, 0.25) is 5.15 Å². The topological polar surface area (TPSA) is 88.8 Å². The summed E-state index contributed by atoms with van der Waals surface area (Å²) in [6.45, 7) is 3.49. The number of hydrogen-bond donors (Lipinski definition) is 2. The highest BCUT2D eigenvalue weighted by molar-refractivity contribution is 6.29. The summed E-state index contributed by atoms with van der Waals surface area (Å²) in [6.07, 6.45) is 4.66. The monoisotopic (exact) mass is 406 g/mol. The molecule has 0 aliphatic heterocycles. The molecule has 3 rings (SSSR count). The lowest BCUT2D eigenvalue weighted by atomic mass is 10.0. The number of imidazole rings is 1. The number of amides is 1. The number of halogens is 2. The van der Waals surface area contributed by atoms with E-state index in [0.29, 0.717) is 29.9 Å². The highest BCUT2D eigenvalue weighted by atomic mass is 35.5. The van der Waals surface area contributed by atoms with Crippen LogP contribution in [0.15, 0.2) is 30.6 Å². The van der Waals surface area contributed by atoms with E-state index in [9.17, 15) is 14.3 Å². The molecule has 3 aromatic heterocycles. The molecule has 0 unspecified atom stereocenters. The first kappa shape index (κ1) is 20.0. The fourth-order valence-electron chi connectivity index (χ4n) is 2.62. The summed E-state index contributed by atoms with van der Waals surface area (Å²) in [5, 5.41) is 12.2. The summed E-state index contributed by atoms with van der Waals surface area (Å²) in [6, 6.07) is 4.01. The number of nitrogens with zero attached hydrogens (tertiary/aromatic N) is 3. The molecule has 0 aliphatic carbocycles. The number of rotatable bonds is 6. The van der Waals surface area contributed by atoms with Gasteiger partial charge >= 0.3 is 0 Å². The third-order valence-corrected chi connectivity index (χ3v) is 4.37. The zero-order chi connectivity index (χ0) is 20.5. The number of pyridine rings is 2. The molecule has 3 aromatic rings. The minimum absolute atomic E-state index is 0.0231. The van der Waals surface area contributed by atoms with E-state index in [1.165, 1.54) is 13.2 Å². The van der Waals surface area contributed by atoms with E-state index in [1.807, 2.05) is 6.20 Å². The van der Waals surface area contributed by atoms with Crippen molar-refractivity contribution in [1.29, 1.82) is 0 Å². The number of aryl methyl sites for hydroxylation is 1. The number of carbonyl (C=O) groups is 1. The molecule has 28 heavy (non-hydrogen) atoms.